The summed E-state index contributed by atoms with van der Waals surface area (Å²) in [7, 11) is 1.52. The molecule has 0 bridgehead atoms. The summed E-state index contributed by atoms with van der Waals surface area (Å²) in [6.07, 6.45) is 1.74. The fourth-order valence-corrected chi connectivity index (χ4v) is 5.99. The van der Waals surface area contributed by atoms with Gasteiger partial charge in [0.2, 0.25) is 0 Å². The van der Waals surface area contributed by atoms with Gasteiger partial charge in [0.15, 0.2) is 16.3 Å². The van der Waals surface area contributed by atoms with Crippen molar-refractivity contribution >= 4 is 29.1 Å². The first-order valence-electron chi connectivity index (χ1n) is 14.2. The van der Waals surface area contributed by atoms with Gasteiger partial charge in [-0.25, -0.2) is 9.79 Å². The maximum absolute atomic E-state index is 13.9. The SMILES string of the molecule is CCOC(=O)C1=C(C)N=c2s/c(=C\c3ccc(OCc4ccc([N+](=O)[O-])cc4)c(OC)c3)c(=O)n2C1c1ccc(OCC)cc1. The summed E-state index contributed by atoms with van der Waals surface area (Å²) in [5.74, 6) is 1.08. The van der Waals surface area contributed by atoms with Crippen LogP contribution in [0.25, 0.3) is 6.08 Å². The molecule has 1 aliphatic rings. The fourth-order valence-electron chi connectivity index (χ4n) is 4.94. The monoisotopic (exact) mass is 629 g/mol. The lowest BCUT2D eigenvalue weighted by molar-refractivity contribution is -0.384. The summed E-state index contributed by atoms with van der Waals surface area (Å²) in [6.45, 7) is 6.25. The number of nitrogens with zero attached hydrogens (tertiary/aromatic N) is 3. The zero-order valence-corrected chi connectivity index (χ0v) is 26.0. The van der Waals surface area contributed by atoms with Crippen molar-refractivity contribution < 1.29 is 28.7 Å². The van der Waals surface area contributed by atoms with Crippen LogP contribution in [-0.2, 0) is 16.1 Å². The quantitative estimate of drug-likeness (QED) is 0.133. The average molecular weight is 630 g/mol. The highest BCUT2D eigenvalue weighted by atomic mass is 32.1. The van der Waals surface area contributed by atoms with Gasteiger partial charge in [-0.15, -0.1) is 0 Å². The molecule has 0 amide bonds. The lowest BCUT2D eigenvalue weighted by atomic mass is 9.96. The molecule has 0 aliphatic carbocycles. The van der Waals surface area contributed by atoms with Crippen LogP contribution in [-0.4, -0.2) is 35.8 Å². The molecule has 0 saturated heterocycles. The van der Waals surface area contributed by atoms with Crippen LogP contribution >= 0.6 is 11.3 Å². The first kappa shape index (κ1) is 31.2. The van der Waals surface area contributed by atoms with E-state index in [0.29, 0.717) is 50.0 Å². The summed E-state index contributed by atoms with van der Waals surface area (Å²) in [4.78, 5) is 42.6. The number of carbonyl (C=O) groups excluding carboxylic acids is 1. The fraction of sp³-hybridized carbons (Fsp3) is 0.242. The Labute approximate surface area is 262 Å². The van der Waals surface area contributed by atoms with E-state index in [2.05, 4.69) is 4.99 Å². The molecule has 0 radical (unpaired) electrons. The third kappa shape index (κ3) is 6.65. The molecule has 0 fully saturated rings. The Kier molecular flexibility index (Phi) is 9.43. The first-order chi connectivity index (χ1) is 21.7. The molecule has 5 rings (SSSR count). The van der Waals surface area contributed by atoms with Crippen LogP contribution in [0.4, 0.5) is 5.69 Å². The number of hydrogen-bond acceptors (Lipinski definition) is 10. The van der Waals surface area contributed by atoms with E-state index in [9.17, 15) is 19.7 Å². The number of carbonyl (C=O) groups is 1. The number of benzene rings is 3. The number of nitro groups is 1. The van der Waals surface area contributed by atoms with Crippen LogP contribution < -0.4 is 29.1 Å². The maximum Gasteiger partial charge on any atom is 0.338 e. The molecule has 11 nitrogen and oxygen atoms in total. The standard InChI is InChI=1S/C33H31N3O8S/c1-5-42-25-14-10-23(11-15-25)30-29(32(38)43-6-2)20(3)34-33-35(30)31(37)28(45-33)18-22-9-16-26(27(17-22)41-4)44-19-21-7-12-24(13-8-21)36(39)40/h7-18,30H,5-6,19H2,1-4H3/b28-18-. The van der Waals surface area contributed by atoms with Crippen LogP contribution in [0.2, 0.25) is 0 Å². The Bertz CT molecular complexity index is 1940. The summed E-state index contributed by atoms with van der Waals surface area (Å²) in [6, 6.07) is 18.0. The summed E-state index contributed by atoms with van der Waals surface area (Å²) in [5, 5.41) is 10.9. The molecule has 4 aromatic rings. The van der Waals surface area contributed by atoms with Crippen molar-refractivity contribution in [1.82, 2.24) is 4.57 Å². The summed E-state index contributed by atoms with van der Waals surface area (Å²) >= 11 is 1.22. The number of esters is 1. The van der Waals surface area contributed by atoms with E-state index >= 15 is 0 Å². The minimum Gasteiger partial charge on any atom is -0.494 e. The van der Waals surface area contributed by atoms with Crippen LogP contribution in [0.1, 0.15) is 43.5 Å². The van der Waals surface area contributed by atoms with Gasteiger partial charge in [-0.2, -0.15) is 0 Å². The molecule has 1 aromatic heterocycles. The number of nitro benzene ring substituents is 1. The number of hydrogen-bond donors (Lipinski definition) is 0. The molecule has 12 heteroatoms. The topological polar surface area (TPSA) is 131 Å². The van der Waals surface area contributed by atoms with E-state index in [1.54, 1.807) is 50.3 Å². The smallest absolute Gasteiger partial charge is 0.338 e. The highest BCUT2D eigenvalue weighted by molar-refractivity contribution is 7.07. The molecule has 45 heavy (non-hydrogen) atoms. The molecular weight excluding hydrogens is 598 g/mol. The lowest BCUT2D eigenvalue weighted by Crippen LogP contribution is -2.39. The number of allylic oxidation sites excluding steroid dienone is 1. The predicted molar refractivity (Wildman–Crippen MR) is 168 cm³/mol. The molecule has 232 valence electrons. The molecule has 0 saturated carbocycles. The second kappa shape index (κ2) is 13.6. The number of aromatic nitrogens is 1. The molecule has 1 aliphatic heterocycles. The minimum absolute atomic E-state index is 0.00374. The van der Waals surface area contributed by atoms with Crippen molar-refractivity contribution in [3.8, 4) is 17.2 Å². The molecule has 1 atom stereocenters. The van der Waals surface area contributed by atoms with Gasteiger partial charge in [0.1, 0.15) is 12.4 Å². The van der Waals surface area contributed by atoms with Crippen LogP contribution in [0.5, 0.6) is 17.2 Å². The van der Waals surface area contributed by atoms with Gasteiger partial charge in [-0.1, -0.05) is 29.5 Å². The van der Waals surface area contributed by atoms with Crippen molar-refractivity contribution in [3.05, 3.63) is 124 Å². The van der Waals surface area contributed by atoms with Crippen LogP contribution in [0, 0.1) is 10.1 Å². The second-order valence-corrected chi connectivity index (χ2v) is 10.9. The molecule has 2 heterocycles. The normalized spacial score (nSPS) is 14.4. The third-order valence-electron chi connectivity index (χ3n) is 7.05. The van der Waals surface area contributed by atoms with E-state index in [-0.39, 0.29) is 24.5 Å². The number of rotatable bonds is 11. The second-order valence-electron chi connectivity index (χ2n) is 9.93. The Hall–Kier alpha value is -5.23. The molecule has 0 spiro atoms. The van der Waals surface area contributed by atoms with Crippen molar-refractivity contribution in [2.75, 3.05) is 20.3 Å². The largest absolute Gasteiger partial charge is 0.494 e. The molecular formula is C33H31N3O8S. The number of fused-ring (bicyclic) bond motifs is 1. The van der Waals surface area contributed by atoms with Crippen molar-refractivity contribution in [1.29, 1.82) is 0 Å². The van der Waals surface area contributed by atoms with Gasteiger partial charge in [0, 0.05) is 12.1 Å². The van der Waals surface area contributed by atoms with Gasteiger partial charge in [0.05, 0.1) is 47.1 Å². The maximum atomic E-state index is 13.9. The summed E-state index contributed by atoms with van der Waals surface area (Å²) < 4.78 is 24.4. The van der Waals surface area contributed by atoms with E-state index in [0.717, 1.165) is 11.1 Å². The zero-order chi connectivity index (χ0) is 32.1. The number of thiazole rings is 1. The number of non-ortho nitro benzene ring substituents is 1. The Balaban J connectivity index is 1.50. The number of ether oxygens (including phenoxy) is 4. The zero-order valence-electron chi connectivity index (χ0n) is 25.1. The van der Waals surface area contributed by atoms with Crippen LogP contribution in [0.3, 0.4) is 0 Å². The van der Waals surface area contributed by atoms with E-state index in [1.807, 2.05) is 31.2 Å². The first-order valence-corrected chi connectivity index (χ1v) is 15.0. The Morgan fingerprint density at radius 1 is 1.02 bits per heavy atom. The number of methoxy groups -OCH3 is 1. The van der Waals surface area contributed by atoms with Crippen LogP contribution in [0.15, 0.2) is 87.8 Å². The molecule has 3 aromatic carbocycles. The lowest BCUT2D eigenvalue weighted by Gasteiger charge is -2.24. The van der Waals surface area contributed by atoms with Gasteiger partial charge in [-0.05, 0) is 79.9 Å². The van der Waals surface area contributed by atoms with Crippen molar-refractivity contribution in [2.45, 2.75) is 33.4 Å². The predicted octanol–water partition coefficient (Wildman–Crippen LogP) is 4.69. The van der Waals surface area contributed by atoms with Crippen molar-refractivity contribution in [2.24, 2.45) is 4.99 Å². The van der Waals surface area contributed by atoms with E-state index in [4.69, 9.17) is 18.9 Å². The van der Waals surface area contributed by atoms with Gasteiger partial charge in [-0.3, -0.25) is 19.5 Å². The third-order valence-corrected chi connectivity index (χ3v) is 8.03. The highest BCUT2D eigenvalue weighted by Gasteiger charge is 2.33. The molecule has 1 unspecified atom stereocenters. The highest BCUT2D eigenvalue weighted by Crippen LogP contribution is 2.32. The van der Waals surface area contributed by atoms with E-state index in [1.165, 1.54) is 35.1 Å². The van der Waals surface area contributed by atoms with Crippen molar-refractivity contribution in [3.63, 3.8) is 0 Å². The average Bonchev–Trinajstić information content (AvgIpc) is 3.34. The summed E-state index contributed by atoms with van der Waals surface area (Å²) in [5.41, 5.74) is 2.66. The Morgan fingerprint density at radius 3 is 2.40 bits per heavy atom. The van der Waals surface area contributed by atoms with E-state index < -0.39 is 16.9 Å². The van der Waals surface area contributed by atoms with Gasteiger partial charge < -0.3 is 18.9 Å². The van der Waals surface area contributed by atoms with Gasteiger partial charge >= 0.3 is 5.97 Å². The Morgan fingerprint density at radius 2 is 1.76 bits per heavy atom. The minimum atomic E-state index is -0.733. The van der Waals surface area contributed by atoms with Gasteiger partial charge in [0.25, 0.3) is 11.2 Å². The molecule has 0 N–H and O–H groups in total.